The fraction of sp³-hybridized carbons (Fsp3) is 0.250. The summed E-state index contributed by atoms with van der Waals surface area (Å²) in [6.07, 6.45) is 0. The van der Waals surface area contributed by atoms with Crippen LogP contribution in [0.4, 0.5) is 10.6 Å². The molecule has 0 aromatic carbocycles. The predicted octanol–water partition coefficient (Wildman–Crippen LogP) is 2.48. The summed E-state index contributed by atoms with van der Waals surface area (Å²) in [6, 6.07) is 2.74. The summed E-state index contributed by atoms with van der Waals surface area (Å²) in [7, 11) is 3.25. The van der Waals surface area contributed by atoms with Gasteiger partial charge in [0.05, 0.1) is 0 Å². The maximum absolute atomic E-state index is 11.2. The van der Waals surface area contributed by atoms with E-state index in [0.29, 0.717) is 10.8 Å². The average molecular weight is 234 g/mol. The Labute approximate surface area is 91.8 Å². The van der Waals surface area contributed by atoms with Crippen LogP contribution in [0.2, 0.25) is 10.2 Å². The number of hydrogen-bond donors (Lipinski definition) is 1. The van der Waals surface area contributed by atoms with E-state index in [4.69, 9.17) is 23.2 Å². The van der Waals surface area contributed by atoms with E-state index in [1.165, 1.54) is 17.0 Å². The van der Waals surface area contributed by atoms with Gasteiger partial charge in [0.2, 0.25) is 0 Å². The molecule has 76 valence electrons. The van der Waals surface area contributed by atoms with E-state index in [0.717, 1.165) is 0 Å². The SMILES string of the molecule is CN(C)C(=O)Nc1cc(Cl)cc(Cl)n1. The highest BCUT2D eigenvalue weighted by atomic mass is 35.5. The summed E-state index contributed by atoms with van der Waals surface area (Å²) in [5.41, 5.74) is 0. The molecule has 14 heavy (non-hydrogen) atoms. The first-order valence-electron chi connectivity index (χ1n) is 3.80. The Morgan fingerprint density at radius 1 is 1.43 bits per heavy atom. The van der Waals surface area contributed by atoms with Crippen LogP contribution in [0.25, 0.3) is 0 Å². The monoisotopic (exact) mass is 233 g/mol. The lowest BCUT2D eigenvalue weighted by Gasteiger charge is -2.11. The van der Waals surface area contributed by atoms with E-state index in [2.05, 4.69) is 10.3 Å². The van der Waals surface area contributed by atoms with Gasteiger partial charge in [0, 0.05) is 19.1 Å². The van der Waals surface area contributed by atoms with Gasteiger partial charge in [0.1, 0.15) is 11.0 Å². The van der Waals surface area contributed by atoms with E-state index in [1.807, 2.05) is 0 Å². The van der Waals surface area contributed by atoms with E-state index in [-0.39, 0.29) is 11.2 Å². The van der Waals surface area contributed by atoms with Crippen molar-refractivity contribution in [3.05, 3.63) is 22.3 Å². The third kappa shape index (κ3) is 3.05. The summed E-state index contributed by atoms with van der Waals surface area (Å²) in [5.74, 6) is 0.334. The molecule has 6 heteroatoms. The van der Waals surface area contributed by atoms with Gasteiger partial charge in [-0.3, -0.25) is 5.32 Å². The number of halogens is 2. The second kappa shape index (κ2) is 4.48. The van der Waals surface area contributed by atoms with Crippen LogP contribution >= 0.6 is 23.2 Å². The summed E-state index contributed by atoms with van der Waals surface area (Å²) in [5, 5.41) is 3.20. The van der Waals surface area contributed by atoms with E-state index >= 15 is 0 Å². The molecule has 0 fully saturated rings. The molecule has 0 aliphatic carbocycles. The molecule has 0 saturated heterocycles. The number of amides is 2. The minimum atomic E-state index is -0.282. The Balaban J connectivity index is 2.82. The highest BCUT2D eigenvalue weighted by molar-refractivity contribution is 6.34. The Hall–Kier alpha value is -1.00. The topological polar surface area (TPSA) is 45.2 Å². The molecule has 1 rings (SSSR count). The highest BCUT2D eigenvalue weighted by Crippen LogP contribution is 2.18. The average Bonchev–Trinajstić information content (AvgIpc) is 2.01. The van der Waals surface area contributed by atoms with Gasteiger partial charge in [-0.15, -0.1) is 0 Å². The molecule has 1 aromatic heterocycles. The minimum Gasteiger partial charge on any atom is -0.331 e. The van der Waals surface area contributed by atoms with Gasteiger partial charge >= 0.3 is 6.03 Å². The first-order chi connectivity index (χ1) is 6.49. The number of nitrogens with zero attached hydrogens (tertiary/aromatic N) is 2. The van der Waals surface area contributed by atoms with Crippen molar-refractivity contribution in [2.45, 2.75) is 0 Å². The number of anilines is 1. The lowest BCUT2D eigenvalue weighted by atomic mass is 10.4. The predicted molar refractivity (Wildman–Crippen MR) is 57.0 cm³/mol. The molecule has 2 amide bonds. The molecule has 1 aromatic rings. The number of hydrogen-bond acceptors (Lipinski definition) is 2. The van der Waals surface area contributed by atoms with Gasteiger partial charge in [-0.1, -0.05) is 23.2 Å². The third-order valence-corrected chi connectivity index (χ3v) is 1.81. The molecule has 0 spiro atoms. The zero-order valence-electron chi connectivity index (χ0n) is 7.71. The molecular formula is C8H9Cl2N3O. The molecule has 1 N–H and O–H groups in total. The quantitative estimate of drug-likeness (QED) is 0.758. The molecular weight excluding hydrogens is 225 g/mol. The van der Waals surface area contributed by atoms with Crippen LogP contribution in [0.5, 0.6) is 0 Å². The maximum atomic E-state index is 11.2. The van der Waals surface area contributed by atoms with Crippen LogP contribution in [-0.2, 0) is 0 Å². The first-order valence-corrected chi connectivity index (χ1v) is 4.56. The molecule has 0 radical (unpaired) electrons. The van der Waals surface area contributed by atoms with Crippen LogP contribution in [0, 0.1) is 0 Å². The zero-order valence-corrected chi connectivity index (χ0v) is 9.23. The van der Waals surface area contributed by atoms with Crippen LogP contribution in [0.1, 0.15) is 0 Å². The maximum Gasteiger partial charge on any atom is 0.322 e. The number of urea groups is 1. The smallest absolute Gasteiger partial charge is 0.322 e. The number of carbonyl (C=O) groups is 1. The largest absolute Gasteiger partial charge is 0.331 e. The van der Waals surface area contributed by atoms with Gasteiger partial charge in [-0.25, -0.2) is 9.78 Å². The van der Waals surface area contributed by atoms with Crippen molar-refractivity contribution in [3.8, 4) is 0 Å². The molecule has 4 nitrogen and oxygen atoms in total. The van der Waals surface area contributed by atoms with Crippen molar-refractivity contribution in [3.63, 3.8) is 0 Å². The molecule has 0 bridgehead atoms. The lowest BCUT2D eigenvalue weighted by Crippen LogP contribution is -2.27. The molecule has 0 unspecified atom stereocenters. The van der Waals surface area contributed by atoms with Crippen LogP contribution in [0.15, 0.2) is 12.1 Å². The van der Waals surface area contributed by atoms with Gasteiger partial charge in [-0.2, -0.15) is 0 Å². The van der Waals surface area contributed by atoms with Gasteiger partial charge in [0.25, 0.3) is 0 Å². The Morgan fingerprint density at radius 2 is 2.07 bits per heavy atom. The second-order valence-electron chi connectivity index (χ2n) is 2.82. The van der Waals surface area contributed by atoms with Crippen molar-refractivity contribution < 1.29 is 4.79 Å². The van der Waals surface area contributed by atoms with Crippen LogP contribution < -0.4 is 5.32 Å². The standard InChI is InChI=1S/C8H9Cl2N3O/c1-13(2)8(14)12-7-4-5(9)3-6(10)11-7/h3-4H,1-2H3,(H,11,12,14). The number of carbonyl (C=O) groups excluding carboxylic acids is 1. The molecule has 0 atom stereocenters. The van der Waals surface area contributed by atoms with Crippen LogP contribution in [-0.4, -0.2) is 30.0 Å². The van der Waals surface area contributed by atoms with Crippen molar-refractivity contribution in [1.29, 1.82) is 0 Å². The second-order valence-corrected chi connectivity index (χ2v) is 3.64. The summed E-state index contributed by atoms with van der Waals surface area (Å²) in [6.45, 7) is 0. The summed E-state index contributed by atoms with van der Waals surface area (Å²) >= 11 is 11.4. The van der Waals surface area contributed by atoms with E-state index in [1.54, 1.807) is 14.1 Å². The van der Waals surface area contributed by atoms with Gasteiger partial charge < -0.3 is 4.90 Å². The molecule has 1 heterocycles. The minimum absolute atomic E-state index is 0.242. The zero-order chi connectivity index (χ0) is 10.7. The molecule has 0 aliphatic heterocycles. The number of nitrogens with one attached hydrogen (secondary N) is 1. The van der Waals surface area contributed by atoms with Gasteiger partial charge in [-0.05, 0) is 12.1 Å². The van der Waals surface area contributed by atoms with Crippen molar-refractivity contribution >= 4 is 35.1 Å². The third-order valence-electron chi connectivity index (χ3n) is 1.40. The Kier molecular flexibility index (Phi) is 3.55. The van der Waals surface area contributed by atoms with Crippen molar-refractivity contribution in [2.24, 2.45) is 0 Å². The fourth-order valence-electron chi connectivity index (χ4n) is 0.751. The Bertz CT molecular complexity index is 334. The molecule has 0 saturated carbocycles. The Morgan fingerprint density at radius 3 is 2.57 bits per heavy atom. The van der Waals surface area contributed by atoms with E-state index in [9.17, 15) is 4.79 Å². The highest BCUT2D eigenvalue weighted by Gasteiger charge is 2.06. The van der Waals surface area contributed by atoms with Crippen LogP contribution in [0.3, 0.4) is 0 Å². The van der Waals surface area contributed by atoms with Gasteiger partial charge in [0.15, 0.2) is 0 Å². The normalized spacial score (nSPS) is 9.71. The van der Waals surface area contributed by atoms with Crippen molar-refractivity contribution in [2.75, 3.05) is 19.4 Å². The summed E-state index contributed by atoms with van der Waals surface area (Å²) in [4.78, 5) is 16.5. The number of aromatic nitrogens is 1. The first kappa shape index (κ1) is 11.1. The fourth-order valence-corrected chi connectivity index (χ4v) is 1.22. The van der Waals surface area contributed by atoms with E-state index < -0.39 is 0 Å². The number of rotatable bonds is 1. The summed E-state index contributed by atoms with van der Waals surface area (Å²) < 4.78 is 0. The number of pyridine rings is 1. The lowest BCUT2D eigenvalue weighted by molar-refractivity contribution is 0.230. The molecule has 0 aliphatic rings. The van der Waals surface area contributed by atoms with Crippen molar-refractivity contribution in [1.82, 2.24) is 9.88 Å².